The molecule has 0 aliphatic heterocycles. The number of ether oxygens (including phenoxy) is 1. The zero-order valence-corrected chi connectivity index (χ0v) is 20.5. The van der Waals surface area contributed by atoms with Crippen LogP contribution in [0.3, 0.4) is 0 Å². The van der Waals surface area contributed by atoms with Crippen LogP contribution in [0.4, 0.5) is 5.69 Å². The Morgan fingerprint density at radius 1 is 1.03 bits per heavy atom. The molecule has 0 aliphatic carbocycles. The molecule has 0 fully saturated rings. The van der Waals surface area contributed by atoms with Gasteiger partial charge in [-0.05, 0) is 67.8 Å². The molecule has 0 aromatic heterocycles. The van der Waals surface area contributed by atoms with Crippen LogP contribution >= 0.6 is 11.6 Å². The molecule has 0 aliphatic rings. The molecular formula is C25H27ClN2O4S. The molecule has 1 amide bonds. The van der Waals surface area contributed by atoms with Crippen LogP contribution in [0, 0.1) is 13.8 Å². The molecule has 1 atom stereocenters. The predicted octanol–water partition coefficient (Wildman–Crippen LogP) is 5.65. The maximum Gasteiger partial charge on any atom is 0.263 e. The van der Waals surface area contributed by atoms with Gasteiger partial charge in [0.2, 0.25) is 0 Å². The Hall–Kier alpha value is -3.03. The average molecular weight is 487 g/mol. The van der Waals surface area contributed by atoms with Gasteiger partial charge >= 0.3 is 0 Å². The van der Waals surface area contributed by atoms with Gasteiger partial charge in [-0.2, -0.15) is 0 Å². The van der Waals surface area contributed by atoms with Gasteiger partial charge < -0.3 is 10.1 Å². The highest BCUT2D eigenvalue weighted by molar-refractivity contribution is 7.92. The fourth-order valence-corrected chi connectivity index (χ4v) is 5.13. The Morgan fingerprint density at radius 3 is 2.33 bits per heavy atom. The number of halogens is 1. The maximum absolute atomic E-state index is 13.1. The van der Waals surface area contributed by atoms with Gasteiger partial charge in [0.25, 0.3) is 15.9 Å². The van der Waals surface area contributed by atoms with Gasteiger partial charge in [-0.15, -0.1) is 0 Å². The van der Waals surface area contributed by atoms with Crippen molar-refractivity contribution in [3.8, 4) is 5.75 Å². The third-order valence-electron chi connectivity index (χ3n) is 5.34. The van der Waals surface area contributed by atoms with Crippen LogP contribution in [0.5, 0.6) is 5.75 Å². The lowest BCUT2D eigenvalue weighted by Crippen LogP contribution is -2.28. The average Bonchev–Trinajstić information content (AvgIpc) is 2.79. The number of anilines is 1. The van der Waals surface area contributed by atoms with Crippen LogP contribution in [0.1, 0.15) is 46.4 Å². The molecule has 0 spiro atoms. The number of benzene rings is 3. The summed E-state index contributed by atoms with van der Waals surface area (Å²) in [5, 5.41) is 3.00. The number of aryl methyl sites for hydroxylation is 2. The van der Waals surface area contributed by atoms with Gasteiger partial charge in [0.15, 0.2) is 0 Å². The topological polar surface area (TPSA) is 84.5 Å². The summed E-state index contributed by atoms with van der Waals surface area (Å²) in [5.41, 5.74) is 3.39. The largest absolute Gasteiger partial charge is 0.497 e. The van der Waals surface area contributed by atoms with E-state index in [4.69, 9.17) is 16.3 Å². The molecule has 0 radical (unpaired) electrons. The van der Waals surface area contributed by atoms with Crippen LogP contribution < -0.4 is 14.8 Å². The molecule has 0 unspecified atom stereocenters. The van der Waals surface area contributed by atoms with Crippen LogP contribution in [-0.2, 0) is 10.0 Å². The third-order valence-corrected chi connectivity index (χ3v) is 7.19. The number of nitrogens with one attached hydrogen (secondary N) is 2. The summed E-state index contributed by atoms with van der Waals surface area (Å²) < 4.78 is 33.9. The van der Waals surface area contributed by atoms with E-state index in [-0.39, 0.29) is 21.5 Å². The third kappa shape index (κ3) is 5.86. The van der Waals surface area contributed by atoms with Crippen molar-refractivity contribution in [2.75, 3.05) is 11.8 Å². The van der Waals surface area contributed by atoms with E-state index in [0.717, 1.165) is 22.4 Å². The second-order valence-corrected chi connectivity index (χ2v) is 9.83. The Morgan fingerprint density at radius 2 is 1.73 bits per heavy atom. The minimum absolute atomic E-state index is 0.0333. The molecule has 2 N–H and O–H groups in total. The predicted molar refractivity (Wildman–Crippen MR) is 132 cm³/mol. The highest BCUT2D eigenvalue weighted by atomic mass is 35.5. The molecule has 0 bridgehead atoms. The van der Waals surface area contributed by atoms with E-state index in [0.29, 0.717) is 12.1 Å². The summed E-state index contributed by atoms with van der Waals surface area (Å²) in [6, 6.07) is 16.8. The lowest BCUT2D eigenvalue weighted by molar-refractivity contribution is 0.0935. The second-order valence-electron chi connectivity index (χ2n) is 7.78. The van der Waals surface area contributed by atoms with Crippen molar-refractivity contribution < 1.29 is 17.9 Å². The number of carbonyl (C=O) groups excluding carboxylic acids is 1. The molecule has 6 nitrogen and oxygen atoms in total. The molecule has 8 heteroatoms. The first-order chi connectivity index (χ1) is 15.6. The summed E-state index contributed by atoms with van der Waals surface area (Å²) in [5.74, 6) is 0.334. The van der Waals surface area contributed by atoms with Gasteiger partial charge in [0.1, 0.15) is 10.6 Å². The molecule has 3 aromatic rings. The molecule has 0 heterocycles. The van der Waals surface area contributed by atoms with Gasteiger partial charge in [-0.1, -0.05) is 48.4 Å². The molecule has 174 valence electrons. The lowest BCUT2D eigenvalue weighted by Gasteiger charge is -2.18. The van der Waals surface area contributed by atoms with E-state index in [1.54, 1.807) is 13.2 Å². The number of amides is 1. The minimum Gasteiger partial charge on any atom is -0.497 e. The van der Waals surface area contributed by atoms with E-state index in [9.17, 15) is 13.2 Å². The lowest BCUT2D eigenvalue weighted by atomic mass is 10.0. The smallest absolute Gasteiger partial charge is 0.263 e. The molecular weight excluding hydrogens is 460 g/mol. The van der Waals surface area contributed by atoms with E-state index in [1.165, 1.54) is 18.2 Å². The fraction of sp³-hybridized carbons (Fsp3) is 0.240. The van der Waals surface area contributed by atoms with Crippen molar-refractivity contribution in [3.05, 3.63) is 87.9 Å². The second kappa shape index (κ2) is 10.3. The zero-order valence-electron chi connectivity index (χ0n) is 19.0. The highest BCUT2D eigenvalue weighted by Gasteiger charge is 2.22. The number of hydrogen-bond acceptors (Lipinski definition) is 4. The SMILES string of the molecule is CC[C@@H](NC(=O)c1ccc(Cl)c(S(=O)(=O)Nc2ccc(C)cc2C)c1)c1ccc(OC)cc1. The summed E-state index contributed by atoms with van der Waals surface area (Å²) in [4.78, 5) is 12.8. The molecule has 0 saturated heterocycles. The standard InChI is InChI=1S/C25H27ClN2O4S/c1-5-22(18-7-10-20(32-4)11-8-18)27-25(29)19-9-12-21(26)24(15-19)33(30,31)28-23-13-6-16(2)14-17(23)3/h6-15,22,28H,5H2,1-4H3,(H,27,29)/t22-/m1/s1. The summed E-state index contributed by atoms with van der Waals surface area (Å²) in [6.45, 7) is 5.71. The molecule has 3 rings (SSSR count). The van der Waals surface area contributed by atoms with Gasteiger partial charge in [-0.25, -0.2) is 8.42 Å². The van der Waals surface area contributed by atoms with Crippen LogP contribution in [-0.4, -0.2) is 21.4 Å². The summed E-state index contributed by atoms with van der Waals surface area (Å²) >= 11 is 6.21. The van der Waals surface area contributed by atoms with Crippen molar-refractivity contribution in [2.45, 2.75) is 38.1 Å². The summed E-state index contributed by atoms with van der Waals surface area (Å²) in [7, 11) is -2.41. The van der Waals surface area contributed by atoms with Crippen molar-refractivity contribution >= 4 is 33.2 Å². The Bertz CT molecular complexity index is 1260. The maximum atomic E-state index is 13.1. The van der Waals surface area contributed by atoms with Crippen molar-refractivity contribution in [1.29, 1.82) is 0 Å². The Labute approximate surface area is 200 Å². The van der Waals surface area contributed by atoms with E-state index < -0.39 is 15.9 Å². The molecule has 3 aromatic carbocycles. The van der Waals surface area contributed by atoms with Crippen molar-refractivity contribution in [2.24, 2.45) is 0 Å². The minimum atomic E-state index is -4.01. The van der Waals surface area contributed by atoms with Crippen molar-refractivity contribution in [1.82, 2.24) is 5.32 Å². The van der Waals surface area contributed by atoms with Gasteiger partial charge in [0.05, 0.1) is 23.9 Å². The zero-order chi connectivity index (χ0) is 24.2. The monoisotopic (exact) mass is 486 g/mol. The first-order valence-electron chi connectivity index (χ1n) is 10.5. The normalized spacial score (nSPS) is 12.2. The first kappa shape index (κ1) is 24.6. The van der Waals surface area contributed by atoms with Crippen LogP contribution in [0.25, 0.3) is 0 Å². The number of hydrogen-bond donors (Lipinski definition) is 2. The number of rotatable bonds is 8. The van der Waals surface area contributed by atoms with Gasteiger partial charge in [0, 0.05) is 5.56 Å². The van der Waals surface area contributed by atoms with Crippen LogP contribution in [0.2, 0.25) is 5.02 Å². The number of carbonyl (C=O) groups is 1. The quantitative estimate of drug-likeness (QED) is 0.431. The molecule has 0 saturated carbocycles. The van der Waals surface area contributed by atoms with E-state index in [1.807, 2.05) is 57.2 Å². The summed E-state index contributed by atoms with van der Waals surface area (Å²) in [6.07, 6.45) is 0.658. The highest BCUT2D eigenvalue weighted by Crippen LogP contribution is 2.27. The number of methoxy groups -OCH3 is 1. The van der Waals surface area contributed by atoms with E-state index >= 15 is 0 Å². The Kier molecular flexibility index (Phi) is 7.66. The van der Waals surface area contributed by atoms with E-state index in [2.05, 4.69) is 10.0 Å². The van der Waals surface area contributed by atoms with Crippen molar-refractivity contribution in [3.63, 3.8) is 0 Å². The number of sulfonamides is 1. The first-order valence-corrected chi connectivity index (χ1v) is 12.3. The molecule has 33 heavy (non-hydrogen) atoms. The Balaban J connectivity index is 1.85. The van der Waals surface area contributed by atoms with Gasteiger partial charge in [-0.3, -0.25) is 9.52 Å². The van der Waals surface area contributed by atoms with Crippen LogP contribution in [0.15, 0.2) is 65.6 Å². The fourth-order valence-electron chi connectivity index (χ4n) is 3.48.